The van der Waals surface area contributed by atoms with Crippen LogP contribution in [0.1, 0.15) is 0 Å². The highest BCUT2D eigenvalue weighted by Crippen LogP contribution is 2.51. The highest BCUT2D eigenvalue weighted by Gasteiger charge is 2.23. The fraction of sp³-hybridized carbons (Fsp3) is 0. The molecule has 4 aromatic rings. The molecule has 0 spiro atoms. The molecule has 3 aromatic carbocycles. The van der Waals surface area contributed by atoms with Crippen LogP contribution in [-0.4, -0.2) is 4.98 Å². The Morgan fingerprint density at radius 3 is 1.85 bits per heavy atom. The van der Waals surface area contributed by atoms with Crippen LogP contribution < -0.4 is 4.90 Å². The van der Waals surface area contributed by atoms with E-state index >= 15 is 0 Å². The summed E-state index contributed by atoms with van der Waals surface area (Å²) in [6.07, 6.45) is 1.83. The fourth-order valence-corrected chi connectivity index (χ4v) is 4.36. The van der Waals surface area contributed by atoms with Crippen molar-refractivity contribution in [2.24, 2.45) is 0 Å². The largest absolute Gasteiger partial charge is 0.308 e. The van der Waals surface area contributed by atoms with Gasteiger partial charge in [0, 0.05) is 27.2 Å². The lowest BCUT2D eigenvalue weighted by Gasteiger charge is -2.32. The minimum atomic E-state index is 0.994. The first kappa shape index (κ1) is 15.2. The monoisotopic (exact) mass is 352 g/mol. The van der Waals surface area contributed by atoms with E-state index in [0.717, 1.165) is 16.9 Å². The van der Waals surface area contributed by atoms with Crippen LogP contribution >= 0.6 is 11.8 Å². The summed E-state index contributed by atoms with van der Waals surface area (Å²) in [7, 11) is 0. The lowest BCUT2D eigenvalue weighted by molar-refractivity contribution is 1.17. The van der Waals surface area contributed by atoms with E-state index in [1.54, 1.807) is 0 Å². The second-order valence-corrected chi connectivity index (χ2v) is 7.22. The lowest BCUT2D eigenvalue weighted by atomic mass is 10.1. The van der Waals surface area contributed by atoms with Crippen LogP contribution in [0.5, 0.6) is 0 Å². The molecule has 0 fully saturated rings. The van der Waals surface area contributed by atoms with Gasteiger partial charge in [-0.3, -0.25) is 4.98 Å². The first-order chi connectivity index (χ1) is 12.9. The van der Waals surface area contributed by atoms with Crippen molar-refractivity contribution in [1.29, 1.82) is 0 Å². The normalized spacial score (nSPS) is 12.4. The zero-order valence-corrected chi connectivity index (χ0v) is 14.9. The second-order valence-electron chi connectivity index (χ2n) is 6.13. The van der Waals surface area contributed by atoms with Crippen molar-refractivity contribution in [3.05, 3.63) is 97.2 Å². The Hall–Kier alpha value is -3.04. The first-order valence-corrected chi connectivity index (χ1v) is 9.39. The van der Waals surface area contributed by atoms with Gasteiger partial charge in [0.25, 0.3) is 0 Å². The number of fused-ring (bicyclic) bond motifs is 2. The molecule has 0 atom stereocenters. The van der Waals surface area contributed by atoms with E-state index in [0.29, 0.717) is 0 Å². The van der Waals surface area contributed by atoms with E-state index in [1.165, 1.54) is 21.2 Å². The summed E-state index contributed by atoms with van der Waals surface area (Å²) >= 11 is 1.83. The molecule has 3 heteroatoms. The third-order valence-corrected chi connectivity index (χ3v) is 5.65. The van der Waals surface area contributed by atoms with E-state index in [9.17, 15) is 0 Å². The van der Waals surface area contributed by atoms with Crippen LogP contribution in [0.25, 0.3) is 11.3 Å². The molecule has 0 amide bonds. The van der Waals surface area contributed by atoms with Gasteiger partial charge in [0.05, 0.1) is 17.1 Å². The maximum Gasteiger partial charge on any atom is 0.0701 e. The van der Waals surface area contributed by atoms with Crippen LogP contribution in [0.2, 0.25) is 0 Å². The topological polar surface area (TPSA) is 16.1 Å². The van der Waals surface area contributed by atoms with Gasteiger partial charge in [-0.1, -0.05) is 54.2 Å². The second kappa shape index (κ2) is 6.36. The molecule has 5 rings (SSSR count). The predicted molar refractivity (Wildman–Crippen MR) is 108 cm³/mol. The Bertz CT molecular complexity index is 1010. The van der Waals surface area contributed by atoms with Crippen LogP contribution in [0.15, 0.2) is 107 Å². The van der Waals surface area contributed by atoms with Crippen LogP contribution in [0.4, 0.5) is 17.1 Å². The van der Waals surface area contributed by atoms with E-state index in [4.69, 9.17) is 0 Å². The summed E-state index contributed by atoms with van der Waals surface area (Å²) < 4.78 is 0. The number of hydrogen-bond donors (Lipinski definition) is 0. The third kappa shape index (κ3) is 2.57. The van der Waals surface area contributed by atoms with Gasteiger partial charge in [0.15, 0.2) is 0 Å². The summed E-state index contributed by atoms with van der Waals surface area (Å²) in [5, 5.41) is 0. The molecule has 0 bridgehead atoms. The Morgan fingerprint density at radius 1 is 0.615 bits per heavy atom. The van der Waals surface area contributed by atoms with E-state index in [1.807, 2.05) is 36.2 Å². The molecule has 0 saturated heterocycles. The minimum Gasteiger partial charge on any atom is -0.308 e. The Labute approximate surface area is 157 Å². The van der Waals surface area contributed by atoms with Gasteiger partial charge >= 0.3 is 0 Å². The molecule has 124 valence electrons. The van der Waals surface area contributed by atoms with E-state index < -0.39 is 0 Å². The fourth-order valence-electron chi connectivity index (χ4n) is 3.30. The van der Waals surface area contributed by atoms with Gasteiger partial charge in [0.1, 0.15) is 0 Å². The Kier molecular flexibility index (Phi) is 3.72. The van der Waals surface area contributed by atoms with Crippen molar-refractivity contribution in [2.45, 2.75) is 9.79 Å². The van der Waals surface area contributed by atoms with Gasteiger partial charge in [-0.05, 0) is 48.5 Å². The van der Waals surface area contributed by atoms with Gasteiger partial charge in [0.2, 0.25) is 0 Å². The highest BCUT2D eigenvalue weighted by molar-refractivity contribution is 7.99. The molecule has 0 radical (unpaired) electrons. The van der Waals surface area contributed by atoms with Gasteiger partial charge in [-0.25, -0.2) is 0 Å². The summed E-state index contributed by atoms with van der Waals surface area (Å²) in [6, 6.07) is 31.8. The lowest BCUT2D eigenvalue weighted by Crippen LogP contribution is -2.14. The molecular weight excluding hydrogens is 336 g/mol. The maximum absolute atomic E-state index is 4.45. The number of benzene rings is 3. The molecule has 0 N–H and O–H groups in total. The maximum atomic E-state index is 4.45. The number of rotatable bonds is 2. The quantitative estimate of drug-likeness (QED) is 0.352. The summed E-state index contributed by atoms with van der Waals surface area (Å²) in [5.41, 5.74) is 5.73. The molecular formula is C23H16N2S. The highest BCUT2D eigenvalue weighted by atomic mass is 32.2. The Balaban J connectivity index is 1.62. The number of anilines is 3. The number of para-hydroxylation sites is 2. The summed E-state index contributed by atoms with van der Waals surface area (Å²) in [6.45, 7) is 0. The number of pyridine rings is 1. The van der Waals surface area contributed by atoms with Crippen molar-refractivity contribution >= 4 is 28.8 Å². The average Bonchev–Trinajstić information content (AvgIpc) is 2.73. The molecule has 0 unspecified atom stereocenters. The standard InChI is InChI=1S/C23H16N2S/c1-3-10-22-20(8-1)25(21-9-2-4-11-23(21)26-22)18-14-12-17(13-15-18)19-7-5-6-16-24-19/h1-16H. The van der Waals surface area contributed by atoms with Crippen molar-refractivity contribution in [2.75, 3.05) is 4.90 Å². The first-order valence-electron chi connectivity index (χ1n) is 8.58. The molecule has 0 saturated carbocycles. The molecule has 2 heterocycles. The zero-order chi connectivity index (χ0) is 17.3. The molecule has 0 aliphatic carbocycles. The zero-order valence-electron chi connectivity index (χ0n) is 14.0. The Morgan fingerprint density at radius 2 is 1.23 bits per heavy atom. The third-order valence-electron chi connectivity index (χ3n) is 4.52. The molecule has 1 aromatic heterocycles. The average molecular weight is 352 g/mol. The minimum absolute atomic E-state index is 0.994. The van der Waals surface area contributed by atoms with Crippen molar-refractivity contribution in [3.63, 3.8) is 0 Å². The number of hydrogen-bond acceptors (Lipinski definition) is 3. The van der Waals surface area contributed by atoms with Crippen LogP contribution in [-0.2, 0) is 0 Å². The molecule has 2 nitrogen and oxygen atoms in total. The van der Waals surface area contributed by atoms with Crippen molar-refractivity contribution < 1.29 is 0 Å². The number of nitrogens with zero attached hydrogens (tertiary/aromatic N) is 2. The van der Waals surface area contributed by atoms with Gasteiger partial charge in [-0.2, -0.15) is 0 Å². The molecule has 1 aliphatic heterocycles. The SMILES string of the molecule is c1ccc(-c2ccc(N3c4ccccc4Sc4ccccc43)cc2)nc1. The predicted octanol–water partition coefficient (Wildman–Crippen LogP) is 6.68. The molecule has 26 heavy (non-hydrogen) atoms. The van der Waals surface area contributed by atoms with Gasteiger partial charge in [-0.15, -0.1) is 0 Å². The smallest absolute Gasteiger partial charge is 0.0701 e. The van der Waals surface area contributed by atoms with Gasteiger partial charge < -0.3 is 4.90 Å². The summed E-state index contributed by atoms with van der Waals surface area (Å²) in [4.78, 5) is 9.34. The van der Waals surface area contributed by atoms with E-state index in [2.05, 4.69) is 82.7 Å². The summed E-state index contributed by atoms with van der Waals surface area (Å²) in [5.74, 6) is 0. The van der Waals surface area contributed by atoms with Crippen molar-refractivity contribution in [3.8, 4) is 11.3 Å². The number of aromatic nitrogens is 1. The molecule has 1 aliphatic rings. The van der Waals surface area contributed by atoms with E-state index in [-0.39, 0.29) is 0 Å². The van der Waals surface area contributed by atoms with Crippen LogP contribution in [0.3, 0.4) is 0 Å². The van der Waals surface area contributed by atoms with Crippen molar-refractivity contribution in [1.82, 2.24) is 4.98 Å². The van der Waals surface area contributed by atoms with Crippen LogP contribution in [0, 0.1) is 0 Å².